The molecule has 0 aliphatic rings. The monoisotopic (exact) mass is 72.0 g/mol. The number of urea groups is 1. The van der Waals surface area contributed by atoms with Crippen LogP contribution >= 0.6 is 0 Å². The van der Waals surface area contributed by atoms with Crippen LogP contribution in [0.4, 0.5) is 4.79 Å². The number of nitrogens with one attached hydrogen (secondary N) is 1. The van der Waals surface area contributed by atoms with Crippen molar-refractivity contribution in [2.75, 3.05) is 7.05 Å². The van der Waals surface area contributed by atoms with Crippen molar-refractivity contribution in [2.24, 2.45) is 0 Å². The highest BCUT2D eigenvalue weighted by Gasteiger charge is 1.79. The summed E-state index contributed by atoms with van der Waals surface area (Å²) in [5.41, 5.74) is 6.02. The highest BCUT2D eigenvalue weighted by molar-refractivity contribution is 5.69. The maximum atomic E-state index is 9.31. The number of carbonyl (C=O) groups is 1. The molecule has 2 amide bonds. The Morgan fingerprint density at radius 2 is 2.20 bits per heavy atom. The third-order valence-corrected chi connectivity index (χ3v) is 0.203. The summed E-state index contributed by atoms with van der Waals surface area (Å²) in [4.78, 5) is 9.31. The van der Waals surface area contributed by atoms with Gasteiger partial charge in [0.05, 0.1) is 0 Å². The molecule has 3 nitrogen and oxygen atoms in total. The molecule has 0 saturated heterocycles. The van der Waals surface area contributed by atoms with Crippen molar-refractivity contribution in [1.29, 1.82) is 0 Å². The van der Waals surface area contributed by atoms with Gasteiger partial charge in [0.15, 0.2) is 0 Å². The van der Waals surface area contributed by atoms with E-state index in [2.05, 4.69) is 5.32 Å². The molecule has 0 bridgehead atoms. The summed E-state index contributed by atoms with van der Waals surface area (Å²) in [6, 6.07) is -0.870. The minimum Gasteiger partial charge on any atom is -0.246 e. The Hall–Kier alpha value is -0.730. The van der Waals surface area contributed by atoms with Gasteiger partial charge in [0.2, 0.25) is 0 Å². The molecule has 0 saturated carbocycles. The molecule has 0 aliphatic heterocycles. The molecule has 3 heteroatoms. The van der Waals surface area contributed by atoms with Gasteiger partial charge in [-0.25, -0.2) is 15.8 Å². The number of rotatable bonds is 0. The summed E-state index contributed by atoms with van der Waals surface area (Å²) in [7, 11) is 1.29. The fourth-order valence-corrected chi connectivity index (χ4v) is 0. The molecule has 0 spiro atoms. The molecule has 0 fully saturated rings. The summed E-state index contributed by atoms with van der Waals surface area (Å²) in [6.45, 7) is 0. The predicted molar refractivity (Wildman–Crippen MR) is 16.6 cm³/mol. The summed E-state index contributed by atoms with van der Waals surface area (Å²) in [5.74, 6) is 0. The van der Waals surface area contributed by atoms with Crippen LogP contribution in [0.25, 0.3) is 0 Å². The van der Waals surface area contributed by atoms with Crippen LogP contribution in [0.5, 0.6) is 0 Å². The van der Waals surface area contributed by atoms with E-state index in [0.29, 0.717) is 0 Å². The maximum Gasteiger partial charge on any atom is 0.354 e. The van der Waals surface area contributed by atoms with Crippen LogP contribution in [0, 0.1) is 0 Å². The average Bonchev–Trinajstić information content (AvgIpc) is 1.38. The zero-order valence-corrected chi connectivity index (χ0v) is 2.86. The molecule has 0 aromatic rings. The largest absolute Gasteiger partial charge is 0.354 e. The van der Waals surface area contributed by atoms with Crippen LogP contribution in [0.3, 0.4) is 0 Å². The number of amides is 2. The van der Waals surface area contributed by atoms with Crippen molar-refractivity contribution in [3.63, 3.8) is 0 Å². The third kappa shape index (κ3) is 3.27. The predicted octanol–water partition coefficient (Wildman–Crippen LogP) is -0.377. The van der Waals surface area contributed by atoms with Crippen LogP contribution in [0.15, 0.2) is 0 Å². The van der Waals surface area contributed by atoms with Crippen molar-refractivity contribution in [1.82, 2.24) is 11.1 Å². The number of nitrogens with zero attached hydrogens (tertiary/aromatic N) is 1. The van der Waals surface area contributed by atoms with E-state index in [-0.39, 0.29) is 0 Å². The fourth-order valence-electron chi connectivity index (χ4n) is 0. The molecule has 0 aliphatic carbocycles. The molecule has 0 rings (SSSR count). The quantitative estimate of drug-likeness (QED) is 0.385. The minimum absolute atomic E-state index is 0.870. The van der Waals surface area contributed by atoms with Crippen molar-refractivity contribution in [2.45, 2.75) is 0 Å². The summed E-state index contributed by atoms with van der Waals surface area (Å²) in [5, 5.41) is 2.92. The van der Waals surface area contributed by atoms with E-state index in [0.717, 1.165) is 0 Å². The third-order valence-electron chi connectivity index (χ3n) is 0.203. The van der Waals surface area contributed by atoms with E-state index in [1.165, 1.54) is 7.05 Å². The lowest BCUT2D eigenvalue weighted by Crippen LogP contribution is -2.06. The Kier molecular flexibility index (Phi) is 1.35. The van der Waals surface area contributed by atoms with Crippen molar-refractivity contribution in [3.05, 3.63) is 0 Å². The van der Waals surface area contributed by atoms with Gasteiger partial charge >= 0.3 is 6.03 Å². The normalized spacial score (nSPS) is 6.60. The standard InChI is InChI=1S/C2H4N2O/c1-4-2(3)5/h3H,1H3. The molecular weight excluding hydrogens is 68.0 g/mol. The Morgan fingerprint density at radius 1 is 2.00 bits per heavy atom. The number of hydrogen-bond acceptors (Lipinski definition) is 1. The van der Waals surface area contributed by atoms with E-state index < -0.39 is 6.03 Å². The van der Waals surface area contributed by atoms with E-state index in [9.17, 15) is 4.79 Å². The van der Waals surface area contributed by atoms with Crippen LogP contribution in [-0.2, 0) is 0 Å². The van der Waals surface area contributed by atoms with Gasteiger partial charge in [-0.05, 0) is 0 Å². The van der Waals surface area contributed by atoms with E-state index in [4.69, 9.17) is 5.73 Å². The second kappa shape index (κ2) is 1.58. The van der Waals surface area contributed by atoms with Gasteiger partial charge < -0.3 is 0 Å². The minimum atomic E-state index is -0.870. The van der Waals surface area contributed by atoms with Gasteiger partial charge in [-0.3, -0.25) is 0 Å². The van der Waals surface area contributed by atoms with Gasteiger partial charge in [-0.2, -0.15) is 0 Å². The van der Waals surface area contributed by atoms with E-state index in [1.54, 1.807) is 0 Å². The van der Waals surface area contributed by atoms with Crippen LogP contribution in [0.2, 0.25) is 0 Å². The highest BCUT2D eigenvalue weighted by atomic mass is 16.2. The molecule has 0 unspecified atom stereocenters. The van der Waals surface area contributed by atoms with Crippen LogP contribution in [0.1, 0.15) is 0 Å². The van der Waals surface area contributed by atoms with Crippen molar-refractivity contribution in [3.8, 4) is 0 Å². The SMILES string of the molecule is C[N]C([NH])=O. The first-order valence-corrected chi connectivity index (χ1v) is 1.12. The molecule has 5 heavy (non-hydrogen) atoms. The molecule has 2 radical (unpaired) electrons. The first-order chi connectivity index (χ1) is 2.27. The molecule has 0 aromatic heterocycles. The van der Waals surface area contributed by atoms with Gasteiger partial charge in [0, 0.05) is 7.05 Å². The molecule has 0 aromatic carbocycles. The fraction of sp³-hybridized carbons (Fsp3) is 0.500. The number of hydrogen-bond donors (Lipinski definition) is 0. The average molecular weight is 72.1 g/mol. The van der Waals surface area contributed by atoms with E-state index in [1.807, 2.05) is 0 Å². The topological polar surface area (TPSA) is 55.0 Å². The van der Waals surface area contributed by atoms with Gasteiger partial charge in [0.25, 0.3) is 0 Å². The number of carbonyl (C=O) groups excluding carboxylic acids is 1. The second-order valence-corrected chi connectivity index (χ2v) is 0.529. The van der Waals surface area contributed by atoms with Gasteiger partial charge in [0.1, 0.15) is 0 Å². The zero-order valence-electron chi connectivity index (χ0n) is 2.86. The molecule has 0 heterocycles. The highest BCUT2D eigenvalue weighted by Crippen LogP contribution is 1.48. The Morgan fingerprint density at radius 3 is 2.20 bits per heavy atom. The maximum absolute atomic E-state index is 9.31. The smallest absolute Gasteiger partial charge is 0.246 e. The molecule has 0 atom stereocenters. The van der Waals surface area contributed by atoms with Crippen LogP contribution < -0.4 is 11.1 Å². The first kappa shape index (κ1) is 4.27. The molecular formula is C2H4N2O. The van der Waals surface area contributed by atoms with Gasteiger partial charge in [-0.15, -0.1) is 0 Å². The van der Waals surface area contributed by atoms with E-state index >= 15 is 0 Å². The van der Waals surface area contributed by atoms with Crippen LogP contribution in [-0.4, -0.2) is 13.1 Å². The first-order valence-electron chi connectivity index (χ1n) is 1.12. The summed E-state index contributed by atoms with van der Waals surface area (Å²) in [6.07, 6.45) is 0. The Bertz CT molecular complexity index is 42.9. The molecule has 28 valence electrons. The summed E-state index contributed by atoms with van der Waals surface area (Å²) < 4.78 is 0. The lowest BCUT2D eigenvalue weighted by molar-refractivity contribution is 0.249. The lowest BCUT2D eigenvalue weighted by atomic mass is 11.1. The van der Waals surface area contributed by atoms with Crippen molar-refractivity contribution < 1.29 is 4.79 Å². The van der Waals surface area contributed by atoms with Gasteiger partial charge in [-0.1, -0.05) is 0 Å². The second-order valence-electron chi connectivity index (χ2n) is 0.529. The Labute approximate surface area is 30.2 Å². The lowest BCUT2D eigenvalue weighted by Gasteiger charge is -1.73. The molecule has 1 N–H and O–H groups in total. The Balaban J connectivity index is 2.85. The van der Waals surface area contributed by atoms with Crippen molar-refractivity contribution >= 4 is 6.03 Å². The zero-order chi connectivity index (χ0) is 4.28. The summed E-state index contributed by atoms with van der Waals surface area (Å²) >= 11 is 0.